The number of benzene rings is 15. The van der Waals surface area contributed by atoms with Crippen molar-refractivity contribution >= 4 is 172 Å². The highest BCUT2D eigenvalue weighted by molar-refractivity contribution is 7.04. The van der Waals surface area contributed by atoms with Crippen LogP contribution in [0.4, 0.5) is 102 Å². The first kappa shape index (κ1) is 57.0. The van der Waals surface area contributed by atoms with Crippen LogP contribution in [-0.4, -0.2) is 20.1 Å². The minimum atomic E-state index is -0.291. The van der Waals surface area contributed by atoms with Crippen LogP contribution >= 0.6 is 0 Å². The fourth-order valence-corrected chi connectivity index (χ4v) is 17.2. The summed E-state index contributed by atoms with van der Waals surface area (Å²) >= 11 is 0. The summed E-state index contributed by atoms with van der Waals surface area (Å²) in [4.78, 5) is 14.8. The summed E-state index contributed by atoms with van der Waals surface area (Å²) in [6.45, 7) is -0.778. The number of ether oxygens (including phenoxy) is 2. The number of fused-ring (bicyclic) bond motifs is 13. The molecule has 0 bridgehead atoms. The van der Waals surface area contributed by atoms with Crippen molar-refractivity contribution < 1.29 is 9.47 Å². The van der Waals surface area contributed by atoms with Crippen LogP contribution in [0.25, 0.3) is 0 Å². The van der Waals surface area contributed by atoms with Gasteiger partial charge in [-0.05, 0) is 195 Å². The zero-order chi connectivity index (χ0) is 66.2. The van der Waals surface area contributed by atoms with Crippen LogP contribution in [0.5, 0.6) is 23.0 Å². The van der Waals surface area contributed by atoms with Gasteiger partial charge in [-0.3, -0.25) is 0 Å². The zero-order valence-electron chi connectivity index (χ0n) is 54.8. The van der Waals surface area contributed by atoms with Gasteiger partial charge in [0.05, 0.1) is 11.4 Å². The molecular weight excluding hydrogens is 1230 g/mol. The van der Waals surface area contributed by atoms with E-state index in [9.17, 15) is 0 Å². The average molecular weight is 1290 g/mol. The van der Waals surface area contributed by atoms with Gasteiger partial charge in [-0.25, -0.2) is 0 Å². The Morgan fingerprint density at radius 1 is 0.198 bits per heavy atom. The largest absolute Gasteiger partial charge is 0.459 e. The zero-order valence-corrected chi connectivity index (χ0v) is 54.8. The van der Waals surface area contributed by atoms with E-state index in [0.29, 0.717) is 0 Å². The molecule has 0 atom stereocenters. The highest BCUT2D eigenvalue weighted by atomic mass is 16.5. The monoisotopic (exact) mass is 1290 g/mol. The Morgan fingerprint density at radius 2 is 0.515 bits per heavy atom. The van der Waals surface area contributed by atoms with E-state index in [1.165, 1.54) is 21.9 Å². The maximum absolute atomic E-state index is 7.96. The molecule has 0 spiro atoms. The molecule has 0 saturated heterocycles. The van der Waals surface area contributed by atoms with E-state index in [1.807, 2.05) is 0 Å². The molecule has 21 rings (SSSR count). The van der Waals surface area contributed by atoms with Gasteiger partial charge < -0.3 is 38.9 Å². The minimum Gasteiger partial charge on any atom is -0.459 e. The maximum Gasteiger partial charge on any atom is 0.256 e. The third-order valence-corrected chi connectivity index (χ3v) is 21.2. The second-order valence-electron chi connectivity index (χ2n) is 26.7. The predicted molar refractivity (Wildman–Crippen MR) is 422 cm³/mol. The molecule has 0 aliphatic carbocycles. The van der Waals surface area contributed by atoms with E-state index in [4.69, 9.17) is 9.47 Å². The number of hydrogen-bond acceptors (Lipinski definition) is 8. The van der Waals surface area contributed by atoms with Gasteiger partial charge in [-0.1, -0.05) is 206 Å². The fourth-order valence-electron chi connectivity index (χ4n) is 17.2. The Labute approximate surface area is 587 Å². The van der Waals surface area contributed by atoms with E-state index in [-0.39, 0.29) is 20.1 Å². The molecule has 6 aliphatic rings. The van der Waals surface area contributed by atoms with Crippen molar-refractivity contribution in [2.75, 3.05) is 29.4 Å². The average Bonchev–Trinajstić information content (AvgIpc) is 0.669. The van der Waals surface area contributed by atoms with E-state index in [2.05, 4.69) is 387 Å². The highest BCUT2D eigenvalue weighted by Gasteiger charge is 2.52. The number of para-hydroxylation sites is 11. The van der Waals surface area contributed by atoms with Crippen LogP contribution in [-0.2, 0) is 0 Å². The second-order valence-corrected chi connectivity index (χ2v) is 26.7. The second kappa shape index (κ2) is 22.7. The Kier molecular flexibility index (Phi) is 12.8. The first-order chi connectivity index (χ1) is 50.2. The standard InChI is InChI=1S/C90H59B3N6O2/c1-9-31-60(32-10-1)94(61-33-11-2-12-34-61)68-53-78-86-79(54-68)99(67-45-23-8-24-46-67)82-59-81-88-90(89(82)93(86)70-47-25-28-50-75(70)96(78)64-39-17-5-18-40-64)101-84-52-30-27-49-72(84)92(88)74-57-73-76(58-77(74)98(81)66-43-21-7-22-44-66)97(65-41-19-6-20-42-65)80-55-69(56-85-87(80)91(73)71-48-26-29-51-83(71)100-85)95(62-35-13-3-14-36-62)63-37-15-4-16-38-63/h1-59H. The van der Waals surface area contributed by atoms with Crippen molar-refractivity contribution in [3.05, 3.63) is 358 Å². The first-order valence-corrected chi connectivity index (χ1v) is 34.7. The van der Waals surface area contributed by atoms with E-state index in [0.717, 1.165) is 153 Å². The smallest absolute Gasteiger partial charge is 0.256 e. The van der Waals surface area contributed by atoms with Gasteiger partial charge in [0, 0.05) is 97.1 Å². The van der Waals surface area contributed by atoms with Crippen LogP contribution < -0.4 is 88.0 Å². The molecule has 0 fully saturated rings. The topological polar surface area (TPSA) is 37.9 Å². The molecule has 470 valence electrons. The summed E-state index contributed by atoms with van der Waals surface area (Å²) in [5, 5.41) is 0. The summed E-state index contributed by atoms with van der Waals surface area (Å²) in [7, 11) is 0. The van der Waals surface area contributed by atoms with Crippen LogP contribution in [0, 0.1) is 0 Å². The van der Waals surface area contributed by atoms with Gasteiger partial charge in [0.1, 0.15) is 23.0 Å². The van der Waals surface area contributed by atoms with Gasteiger partial charge >= 0.3 is 0 Å². The van der Waals surface area contributed by atoms with Crippen molar-refractivity contribution in [2.45, 2.75) is 0 Å². The molecule has 6 heterocycles. The fraction of sp³-hybridized carbons (Fsp3) is 0. The molecule has 15 aromatic carbocycles. The summed E-state index contributed by atoms with van der Waals surface area (Å²) < 4.78 is 15.3. The molecule has 11 heteroatoms. The minimum absolute atomic E-state index is 0.212. The lowest BCUT2D eigenvalue weighted by Crippen LogP contribution is -2.66. The highest BCUT2D eigenvalue weighted by Crippen LogP contribution is 2.54. The Balaban J connectivity index is 0.867. The van der Waals surface area contributed by atoms with Gasteiger partial charge in [-0.15, -0.1) is 0 Å². The number of anilines is 18. The molecule has 0 radical (unpaired) electrons. The molecule has 0 N–H and O–H groups in total. The normalized spacial score (nSPS) is 13.4. The third-order valence-electron chi connectivity index (χ3n) is 21.2. The molecular formula is C90H59B3N6O2. The molecule has 15 aromatic rings. The van der Waals surface area contributed by atoms with E-state index >= 15 is 0 Å². The molecule has 8 nitrogen and oxygen atoms in total. The SMILES string of the molecule is c1ccc(N(c2ccccc2)c2cc3c4c(c2)N(c2ccccc2)c2cc5c(cc2B4c2ccccc2O3)B2c3ccccc3Oc3c2c(cc2c3B3c4ccccc4N(c4ccccc4)c4cc(N(c6ccccc6)c6ccccc6)cc(c43)N2c2ccccc2)N5c2ccccc2)cc1. The van der Waals surface area contributed by atoms with Crippen molar-refractivity contribution in [3.63, 3.8) is 0 Å². The third kappa shape index (κ3) is 8.73. The first-order valence-electron chi connectivity index (χ1n) is 34.7. The van der Waals surface area contributed by atoms with E-state index in [1.54, 1.807) is 0 Å². The summed E-state index contributed by atoms with van der Waals surface area (Å²) in [5.74, 6) is 3.39. The van der Waals surface area contributed by atoms with Crippen LogP contribution in [0.2, 0.25) is 0 Å². The van der Waals surface area contributed by atoms with Gasteiger partial charge in [0.2, 0.25) is 0 Å². The molecule has 0 saturated carbocycles. The lowest BCUT2D eigenvalue weighted by molar-refractivity contribution is 0.487. The van der Waals surface area contributed by atoms with Crippen molar-refractivity contribution in [1.29, 1.82) is 0 Å². The van der Waals surface area contributed by atoms with Gasteiger partial charge in [0.25, 0.3) is 20.1 Å². The quantitative estimate of drug-likeness (QED) is 0.125. The van der Waals surface area contributed by atoms with Crippen LogP contribution in [0.15, 0.2) is 358 Å². The van der Waals surface area contributed by atoms with E-state index < -0.39 is 0 Å². The van der Waals surface area contributed by atoms with Gasteiger partial charge in [0.15, 0.2) is 0 Å². The summed E-state index contributed by atoms with van der Waals surface area (Å²) in [6, 6.07) is 131. The van der Waals surface area contributed by atoms with Crippen molar-refractivity contribution in [3.8, 4) is 23.0 Å². The molecule has 101 heavy (non-hydrogen) atoms. The molecule has 0 amide bonds. The van der Waals surface area contributed by atoms with Crippen LogP contribution in [0.1, 0.15) is 0 Å². The molecule has 0 unspecified atom stereocenters. The van der Waals surface area contributed by atoms with Crippen LogP contribution in [0.3, 0.4) is 0 Å². The Bertz CT molecular complexity index is 5710. The molecule has 6 aliphatic heterocycles. The summed E-state index contributed by atoms with van der Waals surface area (Å²) in [6.07, 6.45) is 0. The molecule has 0 aromatic heterocycles. The lowest BCUT2D eigenvalue weighted by Gasteiger charge is -2.48. The Morgan fingerprint density at radius 3 is 0.970 bits per heavy atom. The van der Waals surface area contributed by atoms with Crippen molar-refractivity contribution in [1.82, 2.24) is 0 Å². The lowest BCUT2D eigenvalue weighted by atomic mass is 9.29. The maximum atomic E-state index is 7.96. The predicted octanol–water partition coefficient (Wildman–Crippen LogP) is 17.5. The number of hydrogen-bond donors (Lipinski definition) is 0. The Hall–Kier alpha value is -13.1. The number of nitrogens with zero attached hydrogens (tertiary/aromatic N) is 6. The van der Waals surface area contributed by atoms with Crippen molar-refractivity contribution in [2.24, 2.45) is 0 Å². The summed E-state index contributed by atoms with van der Waals surface area (Å²) in [5.41, 5.74) is 29.4. The van der Waals surface area contributed by atoms with Gasteiger partial charge in [-0.2, -0.15) is 0 Å². The number of rotatable bonds is 10.